The van der Waals surface area contributed by atoms with Crippen molar-refractivity contribution in [1.29, 1.82) is 0 Å². The summed E-state index contributed by atoms with van der Waals surface area (Å²) in [4.78, 5) is 39.8. The van der Waals surface area contributed by atoms with Gasteiger partial charge in [-0.3, -0.25) is 9.59 Å². The van der Waals surface area contributed by atoms with Crippen LogP contribution in [0.4, 0.5) is 4.79 Å². The minimum atomic E-state index is -0.893. The largest absolute Gasteiger partial charge is 0.481 e. The number of ether oxygens (including phenoxy) is 1. The highest BCUT2D eigenvalue weighted by atomic mass is 16.5. The van der Waals surface area contributed by atoms with Gasteiger partial charge >= 0.3 is 12.1 Å². The van der Waals surface area contributed by atoms with Crippen LogP contribution < -0.4 is 5.32 Å². The van der Waals surface area contributed by atoms with Gasteiger partial charge in [0, 0.05) is 12.0 Å². The van der Waals surface area contributed by atoms with Crippen molar-refractivity contribution in [3.05, 3.63) is 59.7 Å². The predicted octanol–water partition coefficient (Wildman–Crippen LogP) is 4.55. The Morgan fingerprint density at radius 2 is 1.60 bits per heavy atom. The number of hydrogen-bond acceptors (Lipinski definition) is 4. The lowest BCUT2D eigenvalue weighted by Crippen LogP contribution is -2.56. The summed E-state index contributed by atoms with van der Waals surface area (Å²) < 4.78 is 5.68. The quantitative estimate of drug-likeness (QED) is 0.611. The van der Waals surface area contributed by atoms with Gasteiger partial charge in [0.05, 0.1) is 12.0 Å². The van der Waals surface area contributed by atoms with Gasteiger partial charge in [-0.05, 0) is 53.9 Å². The van der Waals surface area contributed by atoms with E-state index >= 15 is 0 Å². The van der Waals surface area contributed by atoms with Crippen LogP contribution in [0, 0.1) is 5.92 Å². The molecule has 35 heavy (non-hydrogen) atoms. The van der Waals surface area contributed by atoms with Crippen molar-refractivity contribution in [2.24, 2.45) is 5.92 Å². The van der Waals surface area contributed by atoms with Gasteiger partial charge < -0.3 is 20.1 Å². The molecule has 2 N–H and O–H groups in total. The van der Waals surface area contributed by atoms with Crippen LogP contribution in [-0.2, 0) is 14.3 Å². The zero-order chi connectivity index (χ0) is 24.7. The first-order valence-corrected chi connectivity index (χ1v) is 12.5. The minimum absolute atomic E-state index is 0.0485. The van der Waals surface area contributed by atoms with E-state index in [1.165, 1.54) is 0 Å². The van der Waals surface area contributed by atoms with E-state index < -0.39 is 23.6 Å². The summed E-state index contributed by atoms with van der Waals surface area (Å²) in [5.74, 6) is -1.31. The second-order valence-electron chi connectivity index (χ2n) is 10.4. The Morgan fingerprint density at radius 3 is 2.14 bits per heavy atom. The summed E-state index contributed by atoms with van der Waals surface area (Å²) in [5.41, 5.74) is 3.93. The lowest BCUT2D eigenvalue weighted by molar-refractivity contribution is -0.144. The van der Waals surface area contributed by atoms with Gasteiger partial charge in [0.1, 0.15) is 12.6 Å². The van der Waals surface area contributed by atoms with Gasteiger partial charge in [-0.15, -0.1) is 0 Å². The molecule has 0 unspecified atom stereocenters. The van der Waals surface area contributed by atoms with Gasteiger partial charge in [0.15, 0.2) is 0 Å². The highest BCUT2D eigenvalue weighted by molar-refractivity contribution is 5.88. The first-order chi connectivity index (χ1) is 16.8. The normalized spacial score (nSPS) is 23.2. The zero-order valence-electron chi connectivity index (χ0n) is 20.2. The number of carboxylic acid groups (broad SMARTS) is 1. The summed E-state index contributed by atoms with van der Waals surface area (Å²) in [6.07, 6.45) is 2.35. The Morgan fingerprint density at radius 1 is 1.03 bits per heavy atom. The molecule has 2 aromatic carbocycles. The molecule has 2 amide bonds. The third-order valence-corrected chi connectivity index (χ3v) is 8.03. The van der Waals surface area contributed by atoms with Crippen LogP contribution in [0.1, 0.15) is 63.0 Å². The maximum absolute atomic E-state index is 13.6. The van der Waals surface area contributed by atoms with Crippen molar-refractivity contribution >= 4 is 18.0 Å². The zero-order valence-corrected chi connectivity index (χ0v) is 20.2. The van der Waals surface area contributed by atoms with Gasteiger partial charge in [-0.2, -0.15) is 0 Å². The molecular formula is C28H32N2O5. The van der Waals surface area contributed by atoms with Crippen LogP contribution in [0.15, 0.2) is 48.5 Å². The van der Waals surface area contributed by atoms with E-state index in [2.05, 4.69) is 29.6 Å². The molecule has 0 saturated carbocycles. The summed E-state index contributed by atoms with van der Waals surface area (Å²) in [5, 5.41) is 12.3. The molecule has 1 aliphatic carbocycles. The maximum Gasteiger partial charge on any atom is 0.407 e. The number of fused-ring (bicyclic) bond motifs is 5. The maximum atomic E-state index is 13.6. The van der Waals surface area contributed by atoms with Crippen LogP contribution >= 0.6 is 0 Å². The van der Waals surface area contributed by atoms with Crippen LogP contribution in [0.5, 0.6) is 0 Å². The van der Waals surface area contributed by atoms with Crippen LogP contribution in [-0.4, -0.2) is 52.2 Å². The van der Waals surface area contributed by atoms with Crippen molar-refractivity contribution in [2.75, 3.05) is 6.61 Å². The molecule has 0 spiro atoms. The number of rotatable bonds is 7. The lowest BCUT2D eigenvalue weighted by Gasteiger charge is -2.37. The summed E-state index contributed by atoms with van der Waals surface area (Å²) >= 11 is 0. The number of amides is 2. The molecule has 2 aromatic rings. The molecule has 3 aliphatic rings. The molecule has 184 valence electrons. The van der Waals surface area contributed by atoms with Crippen LogP contribution in [0.3, 0.4) is 0 Å². The van der Waals surface area contributed by atoms with Crippen LogP contribution in [0.25, 0.3) is 11.1 Å². The van der Waals surface area contributed by atoms with Gasteiger partial charge in [0.2, 0.25) is 5.91 Å². The topological polar surface area (TPSA) is 95.9 Å². The SMILES string of the molecule is CC(C)[C@H](NC(=O)OCC1c2ccccc2-c2ccccc21)C(=O)N1C2CCC1(CC(=O)O)CC2. The molecule has 2 fully saturated rings. The monoisotopic (exact) mass is 476 g/mol. The second-order valence-corrected chi connectivity index (χ2v) is 10.4. The number of benzene rings is 2. The molecule has 2 bridgehead atoms. The van der Waals surface area contributed by atoms with Crippen molar-refractivity contribution in [3.8, 4) is 11.1 Å². The number of aliphatic carboxylic acids is 1. The smallest absolute Gasteiger partial charge is 0.407 e. The fourth-order valence-corrected chi connectivity index (χ4v) is 6.41. The van der Waals surface area contributed by atoms with Gasteiger partial charge in [0.25, 0.3) is 0 Å². The summed E-state index contributed by atoms with van der Waals surface area (Å²) in [6.45, 7) is 3.94. The Hall–Kier alpha value is -3.35. The number of hydrogen-bond donors (Lipinski definition) is 2. The molecule has 0 aromatic heterocycles. The molecule has 2 aliphatic heterocycles. The van der Waals surface area contributed by atoms with E-state index in [9.17, 15) is 19.5 Å². The third-order valence-electron chi connectivity index (χ3n) is 8.03. The van der Waals surface area contributed by atoms with Crippen LogP contribution in [0.2, 0.25) is 0 Å². The van der Waals surface area contributed by atoms with E-state index in [1.54, 1.807) is 4.90 Å². The number of nitrogens with zero attached hydrogens (tertiary/aromatic N) is 1. The molecule has 1 atom stereocenters. The number of nitrogens with one attached hydrogen (secondary N) is 1. The number of carboxylic acids is 1. The third kappa shape index (κ3) is 4.07. The molecule has 2 saturated heterocycles. The molecule has 0 radical (unpaired) electrons. The minimum Gasteiger partial charge on any atom is -0.481 e. The average molecular weight is 477 g/mol. The number of carbonyl (C=O) groups excluding carboxylic acids is 2. The van der Waals surface area contributed by atoms with Crippen molar-refractivity contribution < 1.29 is 24.2 Å². The van der Waals surface area contributed by atoms with E-state index in [4.69, 9.17) is 4.74 Å². The fraction of sp³-hybridized carbons (Fsp3) is 0.464. The van der Waals surface area contributed by atoms with Crippen molar-refractivity contribution in [2.45, 2.75) is 69.5 Å². The first kappa shape index (κ1) is 23.4. The van der Waals surface area contributed by atoms with Gasteiger partial charge in [-0.25, -0.2) is 4.79 Å². The number of alkyl carbamates (subject to hydrolysis) is 1. The highest BCUT2D eigenvalue weighted by Crippen LogP contribution is 2.49. The Kier molecular flexibility index (Phi) is 6.03. The Balaban J connectivity index is 1.28. The Bertz CT molecular complexity index is 1110. The summed E-state index contributed by atoms with van der Waals surface area (Å²) in [6, 6.07) is 15.6. The molecule has 2 heterocycles. The summed E-state index contributed by atoms with van der Waals surface area (Å²) in [7, 11) is 0. The lowest BCUT2D eigenvalue weighted by atomic mass is 9.85. The highest BCUT2D eigenvalue weighted by Gasteiger charge is 2.56. The second kappa shape index (κ2) is 9.02. The number of carbonyl (C=O) groups is 3. The van der Waals surface area contributed by atoms with Crippen molar-refractivity contribution in [3.63, 3.8) is 0 Å². The van der Waals surface area contributed by atoms with E-state index in [1.807, 2.05) is 38.1 Å². The Labute approximate surface area is 205 Å². The van der Waals surface area contributed by atoms with E-state index in [0.717, 1.165) is 35.1 Å². The van der Waals surface area contributed by atoms with Crippen molar-refractivity contribution in [1.82, 2.24) is 10.2 Å². The average Bonchev–Trinajstić information content (AvgIpc) is 3.47. The first-order valence-electron chi connectivity index (χ1n) is 12.5. The van der Waals surface area contributed by atoms with Gasteiger partial charge in [-0.1, -0.05) is 62.4 Å². The fourth-order valence-electron chi connectivity index (χ4n) is 6.41. The molecule has 7 nitrogen and oxygen atoms in total. The molecular weight excluding hydrogens is 444 g/mol. The molecule has 7 heteroatoms. The standard InChI is InChI=1S/C28H32N2O5/c1-17(2)25(26(33)30-18-11-13-28(30,14-12-18)15-24(31)32)29-27(34)35-16-23-21-9-5-3-7-19(21)20-8-4-6-10-22(20)23/h3-10,17-18,23,25H,11-16H2,1-2H3,(H,29,34)(H,31,32)/t18?,25-,28?/m0/s1. The molecule has 5 rings (SSSR count). The van der Waals surface area contributed by atoms with E-state index in [-0.39, 0.29) is 36.8 Å². The predicted molar refractivity (Wildman–Crippen MR) is 131 cm³/mol. The van der Waals surface area contributed by atoms with E-state index in [0.29, 0.717) is 12.8 Å².